The van der Waals surface area contributed by atoms with E-state index in [0.717, 1.165) is 5.69 Å². The molecule has 0 radical (unpaired) electrons. The van der Waals surface area contributed by atoms with E-state index in [-0.39, 0.29) is 5.91 Å². The first kappa shape index (κ1) is 13.8. The average molecular weight is 273 g/mol. The highest BCUT2D eigenvalue weighted by Crippen LogP contribution is 2.17. The fourth-order valence-corrected chi connectivity index (χ4v) is 1.63. The van der Waals surface area contributed by atoms with Crippen LogP contribution in [0.1, 0.15) is 16.1 Å². The number of ether oxygens (including phenoxy) is 1. The van der Waals surface area contributed by atoms with Gasteiger partial charge in [0.2, 0.25) is 5.88 Å². The topological polar surface area (TPSA) is 102 Å². The first-order valence-corrected chi connectivity index (χ1v) is 5.88. The molecule has 20 heavy (non-hydrogen) atoms. The number of anilines is 2. The average Bonchev–Trinajstić information content (AvgIpc) is 2.47. The maximum Gasteiger partial charge on any atom is 0.259 e. The third kappa shape index (κ3) is 3.01. The van der Waals surface area contributed by atoms with Crippen molar-refractivity contribution in [3.05, 3.63) is 41.9 Å². The van der Waals surface area contributed by atoms with Gasteiger partial charge in [0.1, 0.15) is 0 Å². The Morgan fingerprint density at radius 1 is 1.30 bits per heavy atom. The number of methoxy groups -OCH3 is 1. The molecule has 7 nitrogen and oxygen atoms in total. The summed E-state index contributed by atoms with van der Waals surface area (Å²) in [6, 6.07) is 5.05. The van der Waals surface area contributed by atoms with E-state index in [4.69, 9.17) is 10.6 Å². The summed E-state index contributed by atoms with van der Waals surface area (Å²) in [4.78, 5) is 20.2. The van der Waals surface area contributed by atoms with Crippen molar-refractivity contribution in [2.75, 3.05) is 17.9 Å². The molecule has 0 spiro atoms. The molecule has 0 unspecified atom stereocenters. The molecule has 2 aromatic heterocycles. The molecule has 0 aromatic carbocycles. The number of nitrogens with two attached hydrogens (primary N) is 1. The number of pyridine rings is 2. The number of aromatic nitrogens is 2. The van der Waals surface area contributed by atoms with Gasteiger partial charge in [-0.1, -0.05) is 0 Å². The first-order valence-electron chi connectivity index (χ1n) is 5.88. The van der Waals surface area contributed by atoms with Crippen LogP contribution in [0.4, 0.5) is 11.4 Å². The number of nitrogens with one attached hydrogen (secondary N) is 2. The normalized spacial score (nSPS) is 9.95. The van der Waals surface area contributed by atoms with E-state index in [1.54, 1.807) is 18.2 Å². The summed E-state index contributed by atoms with van der Waals surface area (Å²) < 4.78 is 4.95. The smallest absolute Gasteiger partial charge is 0.259 e. The number of rotatable bonds is 4. The van der Waals surface area contributed by atoms with Crippen LogP contribution in [0.2, 0.25) is 0 Å². The van der Waals surface area contributed by atoms with Crippen molar-refractivity contribution in [1.82, 2.24) is 9.97 Å². The van der Waals surface area contributed by atoms with Crippen molar-refractivity contribution in [1.29, 1.82) is 0 Å². The minimum Gasteiger partial charge on any atom is -0.481 e. The largest absolute Gasteiger partial charge is 0.481 e. The molecule has 7 heteroatoms. The van der Waals surface area contributed by atoms with Crippen LogP contribution in [0, 0.1) is 6.92 Å². The number of carbonyl (C=O) groups excluding carboxylic acids is 1. The second-order valence-electron chi connectivity index (χ2n) is 4.06. The Kier molecular flexibility index (Phi) is 4.11. The lowest BCUT2D eigenvalue weighted by molar-refractivity contribution is 0.102. The Hall–Kier alpha value is -2.67. The summed E-state index contributed by atoms with van der Waals surface area (Å²) in [7, 11) is 1.53. The predicted molar refractivity (Wildman–Crippen MR) is 75.5 cm³/mol. The summed E-state index contributed by atoms with van der Waals surface area (Å²) in [5, 5.41) is 2.71. The summed E-state index contributed by atoms with van der Waals surface area (Å²) in [6.45, 7) is 1.82. The molecule has 2 rings (SSSR count). The second kappa shape index (κ2) is 5.98. The van der Waals surface area contributed by atoms with Gasteiger partial charge in [-0.15, -0.1) is 0 Å². The van der Waals surface area contributed by atoms with Crippen molar-refractivity contribution >= 4 is 17.3 Å². The molecule has 1 amide bonds. The Morgan fingerprint density at radius 2 is 2.10 bits per heavy atom. The molecule has 104 valence electrons. The van der Waals surface area contributed by atoms with Gasteiger partial charge >= 0.3 is 0 Å². The molecule has 0 fully saturated rings. The summed E-state index contributed by atoms with van der Waals surface area (Å²) in [5.41, 5.74) is 4.67. The van der Waals surface area contributed by atoms with Crippen LogP contribution in [-0.2, 0) is 0 Å². The monoisotopic (exact) mass is 273 g/mol. The molecule has 0 aliphatic heterocycles. The van der Waals surface area contributed by atoms with Crippen molar-refractivity contribution in [3.8, 4) is 5.88 Å². The van der Waals surface area contributed by atoms with Gasteiger partial charge in [0.15, 0.2) is 0 Å². The van der Waals surface area contributed by atoms with Crippen LogP contribution in [0.5, 0.6) is 5.88 Å². The van der Waals surface area contributed by atoms with Crippen molar-refractivity contribution in [3.63, 3.8) is 0 Å². The number of hydrogen-bond donors (Lipinski definition) is 3. The van der Waals surface area contributed by atoms with Crippen molar-refractivity contribution < 1.29 is 9.53 Å². The van der Waals surface area contributed by atoms with Crippen LogP contribution >= 0.6 is 0 Å². The Labute approximate surface area is 116 Å². The van der Waals surface area contributed by atoms with Crippen LogP contribution in [-0.4, -0.2) is 23.0 Å². The van der Waals surface area contributed by atoms with E-state index in [1.807, 2.05) is 6.92 Å². The third-order valence-corrected chi connectivity index (χ3v) is 2.64. The number of carbonyl (C=O) groups is 1. The lowest BCUT2D eigenvalue weighted by Gasteiger charge is -2.10. The van der Waals surface area contributed by atoms with Crippen LogP contribution in [0.15, 0.2) is 30.6 Å². The summed E-state index contributed by atoms with van der Waals surface area (Å²) >= 11 is 0. The quantitative estimate of drug-likeness (QED) is 0.573. The van der Waals surface area contributed by atoms with Crippen LogP contribution in [0.3, 0.4) is 0 Å². The molecular formula is C13H15N5O2. The zero-order chi connectivity index (χ0) is 14.5. The molecule has 0 aliphatic rings. The Balaban J connectivity index is 2.19. The fourth-order valence-electron chi connectivity index (χ4n) is 1.63. The van der Waals surface area contributed by atoms with E-state index in [1.165, 1.54) is 19.5 Å². The summed E-state index contributed by atoms with van der Waals surface area (Å²) in [5.74, 6) is 5.56. The zero-order valence-electron chi connectivity index (χ0n) is 11.2. The summed E-state index contributed by atoms with van der Waals surface area (Å²) in [6.07, 6.45) is 2.98. The molecule has 0 saturated carbocycles. The molecule has 0 bridgehead atoms. The van der Waals surface area contributed by atoms with E-state index < -0.39 is 0 Å². The van der Waals surface area contributed by atoms with Gasteiger partial charge in [0, 0.05) is 18.0 Å². The maximum absolute atomic E-state index is 12.2. The molecular weight excluding hydrogens is 258 g/mol. The van der Waals surface area contributed by atoms with Crippen LogP contribution < -0.4 is 21.3 Å². The van der Waals surface area contributed by atoms with Gasteiger partial charge in [0.05, 0.1) is 30.2 Å². The van der Waals surface area contributed by atoms with E-state index >= 15 is 0 Å². The second-order valence-corrected chi connectivity index (χ2v) is 4.06. The highest BCUT2D eigenvalue weighted by Gasteiger charge is 2.12. The van der Waals surface area contributed by atoms with Gasteiger partial charge < -0.3 is 15.5 Å². The van der Waals surface area contributed by atoms with Crippen molar-refractivity contribution in [2.24, 2.45) is 5.84 Å². The predicted octanol–water partition coefficient (Wildman–Crippen LogP) is 1.33. The standard InChI is InChI=1S/C13H15N5O2/c1-8-5-11(18-14)10(7-15-8)13(19)17-9-3-4-12(20-2)16-6-9/h3-7H,14H2,1-2H3,(H,15,18)(H,17,19). The third-order valence-electron chi connectivity index (χ3n) is 2.64. The molecule has 2 aromatic rings. The SMILES string of the molecule is COc1ccc(NC(=O)c2cnc(C)cc2NN)cn1. The molecule has 0 saturated heterocycles. The van der Waals surface area contributed by atoms with Crippen LogP contribution in [0.25, 0.3) is 0 Å². The maximum atomic E-state index is 12.2. The lowest BCUT2D eigenvalue weighted by atomic mass is 10.2. The fraction of sp³-hybridized carbons (Fsp3) is 0.154. The zero-order valence-corrected chi connectivity index (χ0v) is 11.2. The minimum absolute atomic E-state index is 0.322. The highest BCUT2D eigenvalue weighted by molar-refractivity contribution is 6.07. The highest BCUT2D eigenvalue weighted by atomic mass is 16.5. The first-order chi connectivity index (χ1) is 9.63. The molecule has 2 heterocycles. The molecule has 4 N–H and O–H groups in total. The lowest BCUT2D eigenvalue weighted by Crippen LogP contribution is -2.18. The van der Waals surface area contributed by atoms with E-state index in [0.29, 0.717) is 22.8 Å². The number of hydrazine groups is 1. The Morgan fingerprint density at radius 3 is 2.70 bits per heavy atom. The van der Waals surface area contributed by atoms with Crippen molar-refractivity contribution in [2.45, 2.75) is 6.92 Å². The van der Waals surface area contributed by atoms with Gasteiger partial charge in [0.25, 0.3) is 5.91 Å². The number of nitrogen functional groups attached to an aromatic ring is 1. The van der Waals surface area contributed by atoms with E-state index in [2.05, 4.69) is 20.7 Å². The number of nitrogens with zero attached hydrogens (tertiary/aromatic N) is 2. The minimum atomic E-state index is -0.322. The molecule has 0 aliphatic carbocycles. The number of hydrogen-bond acceptors (Lipinski definition) is 6. The van der Waals surface area contributed by atoms with Gasteiger partial charge in [-0.3, -0.25) is 15.6 Å². The van der Waals surface area contributed by atoms with Gasteiger partial charge in [-0.05, 0) is 19.1 Å². The molecule has 0 atom stereocenters. The van der Waals surface area contributed by atoms with Gasteiger partial charge in [-0.25, -0.2) is 4.98 Å². The Bertz CT molecular complexity index is 613. The van der Waals surface area contributed by atoms with Gasteiger partial charge in [-0.2, -0.15) is 0 Å². The number of aryl methyl sites for hydroxylation is 1. The van der Waals surface area contributed by atoms with E-state index in [9.17, 15) is 4.79 Å². The number of amides is 1.